The van der Waals surface area contributed by atoms with E-state index in [0.717, 1.165) is 40.9 Å². The lowest BCUT2D eigenvalue weighted by Crippen LogP contribution is -2.66. The number of likely N-dealkylation sites (tertiary alicyclic amines) is 1. The number of fused-ring (bicyclic) bond motifs is 2. The minimum absolute atomic E-state index is 0.0144. The van der Waals surface area contributed by atoms with Gasteiger partial charge in [0.2, 0.25) is 5.96 Å². The molecule has 3 aliphatic heterocycles. The van der Waals surface area contributed by atoms with E-state index in [1.54, 1.807) is 14.0 Å². The van der Waals surface area contributed by atoms with Gasteiger partial charge in [0, 0.05) is 37.3 Å². The Bertz CT molecular complexity index is 1340. The Morgan fingerprint density at radius 3 is 2.80 bits per heavy atom. The number of amides is 3. The molecule has 2 fully saturated rings. The van der Waals surface area contributed by atoms with Gasteiger partial charge in [0.1, 0.15) is 5.82 Å². The highest BCUT2D eigenvalue weighted by molar-refractivity contribution is 6.48. The number of guanidine groups is 1. The summed E-state index contributed by atoms with van der Waals surface area (Å²) < 4.78 is 0. The third-order valence-electron chi connectivity index (χ3n) is 6.79. The molecule has 1 aromatic heterocycles. The number of para-hydroxylation sites is 1. The summed E-state index contributed by atoms with van der Waals surface area (Å²) in [5.74, 6) is 6.18. The second-order valence-corrected chi connectivity index (χ2v) is 9.12. The van der Waals surface area contributed by atoms with E-state index in [1.807, 2.05) is 36.1 Å². The van der Waals surface area contributed by atoms with Crippen molar-refractivity contribution in [2.24, 2.45) is 15.7 Å². The SMILES string of the molecule is CC#CCC12N=C(N3CCC[C@@H](N)C3)N=C1C(=O)N(Cc1nc(C)c3ccccc3n1)C(=O)N2C. The summed E-state index contributed by atoms with van der Waals surface area (Å²) in [6.07, 6.45) is 2.03. The van der Waals surface area contributed by atoms with Gasteiger partial charge in [-0.1, -0.05) is 24.1 Å². The standard InChI is InChI=1S/C25H28N8O2/c1-4-5-12-25-21(29-23(30-25)32-13-8-9-17(26)14-32)22(34)33(24(35)31(25)3)15-20-27-16(2)18-10-6-7-11-19(18)28-20/h6-7,10-11,17H,8-9,12-15,26H2,1-3H3/t17-,25?/m1/s1. The van der Waals surface area contributed by atoms with E-state index in [9.17, 15) is 9.59 Å². The Labute approximate surface area is 203 Å². The Morgan fingerprint density at radius 2 is 2.03 bits per heavy atom. The molecule has 2 atom stereocenters. The third kappa shape index (κ3) is 3.82. The molecule has 180 valence electrons. The predicted octanol–water partition coefficient (Wildman–Crippen LogP) is 1.68. The molecule has 0 radical (unpaired) electrons. The molecule has 3 amide bonds. The number of urea groups is 1. The lowest BCUT2D eigenvalue weighted by atomic mass is 9.95. The summed E-state index contributed by atoms with van der Waals surface area (Å²) in [5, 5.41) is 0.930. The summed E-state index contributed by atoms with van der Waals surface area (Å²) in [6, 6.07) is 7.18. The zero-order valence-electron chi connectivity index (χ0n) is 20.2. The van der Waals surface area contributed by atoms with Crippen molar-refractivity contribution in [3.8, 4) is 11.8 Å². The first kappa shape index (κ1) is 22.9. The van der Waals surface area contributed by atoms with Crippen molar-refractivity contribution >= 4 is 34.5 Å². The normalized spacial score (nSPS) is 24.2. The number of piperidine rings is 1. The van der Waals surface area contributed by atoms with Crippen LogP contribution in [-0.4, -0.2) is 80.1 Å². The van der Waals surface area contributed by atoms with E-state index in [1.165, 1.54) is 4.90 Å². The van der Waals surface area contributed by atoms with E-state index >= 15 is 0 Å². The Hall–Kier alpha value is -3.84. The summed E-state index contributed by atoms with van der Waals surface area (Å²) in [4.78, 5) is 50.4. The minimum atomic E-state index is -1.26. The molecular formula is C25H28N8O2. The first-order valence-corrected chi connectivity index (χ1v) is 11.7. The molecule has 10 nitrogen and oxygen atoms in total. The molecule has 1 aromatic carbocycles. The van der Waals surface area contributed by atoms with Crippen LogP contribution in [-0.2, 0) is 11.3 Å². The van der Waals surface area contributed by atoms with Crippen LogP contribution < -0.4 is 5.73 Å². The molecule has 5 rings (SSSR count). The summed E-state index contributed by atoms with van der Waals surface area (Å²) in [5.41, 5.74) is 6.65. The molecule has 0 aliphatic carbocycles. The number of hydrogen-bond acceptors (Lipinski definition) is 8. The van der Waals surface area contributed by atoms with Crippen LogP contribution in [0.5, 0.6) is 0 Å². The van der Waals surface area contributed by atoms with Crippen LogP contribution in [0.3, 0.4) is 0 Å². The number of hydrogen-bond donors (Lipinski definition) is 1. The van der Waals surface area contributed by atoms with Crippen molar-refractivity contribution in [1.29, 1.82) is 0 Å². The van der Waals surface area contributed by atoms with Gasteiger partial charge in [-0.05, 0) is 32.8 Å². The summed E-state index contributed by atoms with van der Waals surface area (Å²) in [7, 11) is 1.63. The Morgan fingerprint density at radius 1 is 1.23 bits per heavy atom. The quantitative estimate of drug-likeness (QED) is 0.679. The molecule has 2 N–H and O–H groups in total. The first-order chi connectivity index (χ1) is 16.8. The number of carbonyl (C=O) groups is 2. The van der Waals surface area contributed by atoms with Crippen molar-refractivity contribution in [1.82, 2.24) is 24.7 Å². The molecule has 10 heteroatoms. The molecule has 0 saturated carbocycles. The van der Waals surface area contributed by atoms with E-state index in [2.05, 4.69) is 26.8 Å². The van der Waals surface area contributed by atoms with Gasteiger partial charge >= 0.3 is 6.03 Å². The molecule has 0 bridgehead atoms. The number of aryl methyl sites for hydroxylation is 1. The second kappa shape index (κ2) is 8.74. The molecule has 3 aliphatic rings. The predicted molar refractivity (Wildman–Crippen MR) is 132 cm³/mol. The average molecular weight is 473 g/mol. The number of aliphatic imine (C=N–C) groups is 2. The molecule has 2 aromatic rings. The van der Waals surface area contributed by atoms with Gasteiger partial charge in [0.25, 0.3) is 5.91 Å². The van der Waals surface area contributed by atoms with Gasteiger partial charge < -0.3 is 10.6 Å². The number of nitrogens with zero attached hydrogens (tertiary/aromatic N) is 7. The van der Waals surface area contributed by atoms with Crippen LogP contribution in [0.15, 0.2) is 34.3 Å². The first-order valence-electron chi connectivity index (χ1n) is 11.7. The molecule has 4 heterocycles. The van der Waals surface area contributed by atoms with Crippen molar-refractivity contribution < 1.29 is 9.59 Å². The van der Waals surface area contributed by atoms with Crippen LogP contribution >= 0.6 is 0 Å². The van der Waals surface area contributed by atoms with E-state index < -0.39 is 17.6 Å². The van der Waals surface area contributed by atoms with Gasteiger partial charge in [-0.15, -0.1) is 5.92 Å². The lowest BCUT2D eigenvalue weighted by molar-refractivity contribution is -0.124. The fraction of sp³-hybridized carbons (Fsp3) is 0.440. The zero-order valence-corrected chi connectivity index (χ0v) is 20.2. The van der Waals surface area contributed by atoms with Gasteiger partial charge in [0.05, 0.1) is 18.5 Å². The van der Waals surface area contributed by atoms with Gasteiger partial charge in [-0.3, -0.25) is 14.6 Å². The smallest absolute Gasteiger partial charge is 0.329 e. The van der Waals surface area contributed by atoms with Crippen molar-refractivity contribution in [2.75, 3.05) is 20.1 Å². The second-order valence-electron chi connectivity index (χ2n) is 9.12. The number of carbonyl (C=O) groups excluding carboxylic acids is 2. The minimum Gasteiger partial charge on any atom is -0.339 e. The number of imide groups is 1. The van der Waals surface area contributed by atoms with E-state index in [-0.39, 0.29) is 24.7 Å². The highest BCUT2D eigenvalue weighted by Gasteiger charge is 2.56. The molecular weight excluding hydrogens is 444 g/mol. The largest absolute Gasteiger partial charge is 0.339 e. The van der Waals surface area contributed by atoms with Crippen molar-refractivity contribution in [2.45, 2.75) is 51.4 Å². The van der Waals surface area contributed by atoms with Crippen LogP contribution in [0.1, 0.15) is 37.7 Å². The number of rotatable bonds is 3. The summed E-state index contributed by atoms with van der Waals surface area (Å²) >= 11 is 0. The van der Waals surface area contributed by atoms with Crippen LogP contribution in [0, 0.1) is 18.8 Å². The van der Waals surface area contributed by atoms with E-state index in [0.29, 0.717) is 18.3 Å². The van der Waals surface area contributed by atoms with Crippen LogP contribution in [0.25, 0.3) is 10.9 Å². The zero-order chi connectivity index (χ0) is 24.7. The maximum atomic E-state index is 13.7. The van der Waals surface area contributed by atoms with Gasteiger partial charge in [-0.25, -0.2) is 24.7 Å². The maximum Gasteiger partial charge on any atom is 0.329 e. The number of nitrogens with two attached hydrogens (primary N) is 1. The topological polar surface area (TPSA) is 120 Å². The van der Waals surface area contributed by atoms with Gasteiger partial charge in [-0.2, -0.15) is 0 Å². The van der Waals surface area contributed by atoms with Crippen molar-refractivity contribution in [3.63, 3.8) is 0 Å². The monoisotopic (exact) mass is 472 g/mol. The average Bonchev–Trinajstić information content (AvgIpc) is 3.25. The Balaban J connectivity index is 1.51. The van der Waals surface area contributed by atoms with Crippen LogP contribution in [0.4, 0.5) is 4.79 Å². The number of benzene rings is 1. The fourth-order valence-corrected chi connectivity index (χ4v) is 4.87. The molecule has 1 unspecified atom stereocenters. The third-order valence-corrected chi connectivity index (χ3v) is 6.79. The fourth-order valence-electron chi connectivity index (χ4n) is 4.87. The lowest BCUT2D eigenvalue weighted by Gasteiger charge is -2.42. The van der Waals surface area contributed by atoms with Crippen LogP contribution in [0.2, 0.25) is 0 Å². The highest BCUT2D eigenvalue weighted by atomic mass is 16.2. The van der Waals surface area contributed by atoms with Crippen molar-refractivity contribution in [3.05, 3.63) is 35.8 Å². The molecule has 2 saturated heterocycles. The summed E-state index contributed by atoms with van der Waals surface area (Å²) in [6.45, 7) is 4.89. The maximum absolute atomic E-state index is 13.7. The molecule has 35 heavy (non-hydrogen) atoms. The highest BCUT2D eigenvalue weighted by Crippen LogP contribution is 2.35. The van der Waals surface area contributed by atoms with E-state index in [4.69, 9.17) is 10.7 Å². The van der Waals surface area contributed by atoms with Gasteiger partial charge in [0.15, 0.2) is 11.4 Å². The Kier molecular flexibility index (Phi) is 5.73. The molecule has 0 spiro atoms. The number of aromatic nitrogens is 2.